The summed E-state index contributed by atoms with van der Waals surface area (Å²) in [5.41, 5.74) is 11.1. The molecule has 0 fully saturated rings. The highest BCUT2D eigenvalue weighted by molar-refractivity contribution is 9.15. The lowest BCUT2D eigenvalue weighted by atomic mass is 10.3. The van der Waals surface area contributed by atoms with E-state index in [1.807, 2.05) is 0 Å². The first-order chi connectivity index (χ1) is 13.0. The molecule has 28 heavy (non-hydrogen) atoms. The lowest BCUT2D eigenvalue weighted by Gasteiger charge is -2.16. The molecule has 2 aromatic rings. The van der Waals surface area contributed by atoms with Gasteiger partial charge in [0, 0.05) is 26.8 Å². The zero-order chi connectivity index (χ0) is 21.2. The van der Waals surface area contributed by atoms with E-state index in [0.29, 0.717) is 29.3 Å². The van der Waals surface area contributed by atoms with Gasteiger partial charge in [0.05, 0.1) is 20.3 Å². The Morgan fingerprint density at radius 2 is 0.857 bits per heavy atom. The number of rotatable bonds is 4. The summed E-state index contributed by atoms with van der Waals surface area (Å²) in [6, 6.07) is 3.57. The number of carbonyl (C=O) groups is 2. The van der Waals surface area contributed by atoms with Crippen molar-refractivity contribution in [2.75, 3.05) is 10.9 Å². The van der Waals surface area contributed by atoms with Gasteiger partial charge in [-0.25, -0.2) is 0 Å². The lowest BCUT2D eigenvalue weighted by Crippen LogP contribution is -2.44. The van der Waals surface area contributed by atoms with Crippen molar-refractivity contribution in [2.24, 2.45) is 0 Å². The van der Waals surface area contributed by atoms with E-state index < -0.39 is 11.8 Å². The Labute approximate surface area is 227 Å². The summed E-state index contributed by atoms with van der Waals surface area (Å²) in [6.07, 6.45) is 0. The molecule has 0 atom stereocenters. The zero-order valence-electron chi connectivity index (χ0n) is 13.0. The van der Waals surface area contributed by atoms with Crippen molar-refractivity contribution >= 4 is 151 Å². The summed E-state index contributed by atoms with van der Waals surface area (Å²) in [5.74, 6) is -1.79. The predicted octanol–water partition coefficient (Wildman–Crippen LogP) is 7.37. The van der Waals surface area contributed by atoms with Gasteiger partial charge in [-0.3, -0.25) is 31.3 Å². The van der Waals surface area contributed by atoms with E-state index in [9.17, 15) is 9.59 Å². The van der Waals surface area contributed by atoms with Crippen molar-refractivity contribution < 1.29 is 9.59 Å². The van der Waals surface area contributed by atoms with Crippen molar-refractivity contribution in [3.63, 3.8) is 0 Å². The standard InChI is InChI=1S/C14H6Br8N4O2/c15-3-1-5(17)11(9(21)7(3)19)23-25-13(27)14(28)26-24-12-6(18)2-4(16)8(20)10(12)22/h1-2,23-24H,(H,25,27)(H,26,28). The van der Waals surface area contributed by atoms with Gasteiger partial charge in [0.1, 0.15) is 0 Å². The molecule has 6 nitrogen and oxygen atoms in total. The van der Waals surface area contributed by atoms with Gasteiger partial charge in [0.15, 0.2) is 0 Å². The van der Waals surface area contributed by atoms with Crippen molar-refractivity contribution in [1.29, 1.82) is 0 Å². The first kappa shape index (κ1) is 25.1. The first-order valence-electron chi connectivity index (χ1n) is 6.82. The molecule has 0 aliphatic carbocycles. The number of benzene rings is 2. The van der Waals surface area contributed by atoms with E-state index in [1.54, 1.807) is 12.1 Å². The molecular formula is C14H6Br8N4O2. The second kappa shape index (κ2) is 10.9. The van der Waals surface area contributed by atoms with Crippen LogP contribution in [0.3, 0.4) is 0 Å². The third-order valence-electron chi connectivity index (χ3n) is 3.04. The fourth-order valence-corrected chi connectivity index (χ4v) is 6.98. The maximum Gasteiger partial charge on any atom is 0.329 e. The van der Waals surface area contributed by atoms with E-state index in [2.05, 4.69) is 149 Å². The second-order valence-corrected chi connectivity index (χ2v) is 11.4. The van der Waals surface area contributed by atoms with Gasteiger partial charge in [-0.2, -0.15) is 0 Å². The largest absolute Gasteiger partial charge is 0.329 e. The molecule has 2 amide bonds. The van der Waals surface area contributed by atoms with Crippen LogP contribution in [0.5, 0.6) is 0 Å². The quantitative estimate of drug-likeness (QED) is 0.112. The molecule has 0 saturated heterocycles. The minimum atomic E-state index is -0.895. The van der Waals surface area contributed by atoms with Crippen molar-refractivity contribution in [3.05, 3.63) is 47.9 Å². The summed E-state index contributed by atoms with van der Waals surface area (Å²) in [5, 5.41) is 0. The van der Waals surface area contributed by atoms with E-state index in [0.717, 1.165) is 17.9 Å². The minimum absolute atomic E-state index is 0.534. The summed E-state index contributed by atoms with van der Waals surface area (Å²) in [6.45, 7) is 0. The van der Waals surface area contributed by atoms with Crippen LogP contribution in [0.4, 0.5) is 11.4 Å². The Bertz CT molecular complexity index is 892. The Morgan fingerprint density at radius 1 is 0.536 bits per heavy atom. The Balaban J connectivity index is 2.03. The van der Waals surface area contributed by atoms with Crippen LogP contribution < -0.4 is 21.7 Å². The molecule has 4 N–H and O–H groups in total. The Morgan fingerprint density at radius 3 is 1.18 bits per heavy atom. The SMILES string of the molecule is O=C(NNc1c(Br)cc(Br)c(Br)c1Br)C(=O)NNc1c(Br)cc(Br)c(Br)c1Br. The minimum Gasteiger partial charge on any atom is -0.296 e. The van der Waals surface area contributed by atoms with Crippen molar-refractivity contribution in [1.82, 2.24) is 10.9 Å². The molecule has 0 aromatic heterocycles. The smallest absolute Gasteiger partial charge is 0.296 e. The summed E-state index contributed by atoms with van der Waals surface area (Å²) in [7, 11) is 0. The summed E-state index contributed by atoms with van der Waals surface area (Å²) < 4.78 is 5.74. The number of hydrogen-bond donors (Lipinski definition) is 4. The Hall–Kier alpha value is 0.820. The molecule has 14 heteroatoms. The van der Waals surface area contributed by atoms with Crippen LogP contribution in [0.1, 0.15) is 0 Å². The maximum absolute atomic E-state index is 12.1. The van der Waals surface area contributed by atoms with E-state index in [-0.39, 0.29) is 0 Å². The number of halogens is 8. The molecule has 0 unspecified atom stereocenters. The van der Waals surface area contributed by atoms with Gasteiger partial charge < -0.3 is 0 Å². The normalized spacial score (nSPS) is 10.4. The van der Waals surface area contributed by atoms with Crippen LogP contribution in [0.15, 0.2) is 47.9 Å². The molecule has 0 aliphatic rings. The topological polar surface area (TPSA) is 82.3 Å². The van der Waals surface area contributed by atoms with Crippen LogP contribution >= 0.6 is 127 Å². The number of hydrogen-bond acceptors (Lipinski definition) is 4. The molecule has 0 radical (unpaired) electrons. The monoisotopic (exact) mass is 893 g/mol. The van der Waals surface area contributed by atoms with Crippen LogP contribution in [0.25, 0.3) is 0 Å². The molecule has 0 bridgehead atoms. The van der Waals surface area contributed by atoms with E-state index in [4.69, 9.17) is 0 Å². The molecule has 0 heterocycles. The van der Waals surface area contributed by atoms with Crippen molar-refractivity contribution in [2.45, 2.75) is 0 Å². The zero-order valence-corrected chi connectivity index (χ0v) is 25.7. The van der Waals surface area contributed by atoms with Crippen LogP contribution in [0.2, 0.25) is 0 Å². The number of carbonyl (C=O) groups excluding carboxylic acids is 2. The highest BCUT2D eigenvalue weighted by Crippen LogP contribution is 2.42. The van der Waals surface area contributed by atoms with Gasteiger partial charge in [-0.15, -0.1) is 0 Å². The maximum atomic E-state index is 12.1. The molecular weight excluding hydrogens is 895 g/mol. The van der Waals surface area contributed by atoms with Gasteiger partial charge in [-0.05, 0) is 140 Å². The highest BCUT2D eigenvalue weighted by atomic mass is 79.9. The third-order valence-corrected chi connectivity index (χ3v) is 10.9. The second-order valence-electron chi connectivity index (χ2n) is 4.84. The molecule has 2 rings (SSSR count). The number of anilines is 2. The first-order valence-corrected chi connectivity index (χ1v) is 13.2. The third kappa shape index (κ3) is 5.95. The molecule has 0 saturated carbocycles. The fourth-order valence-electron chi connectivity index (χ4n) is 1.71. The molecule has 0 spiro atoms. The number of hydrazine groups is 2. The molecule has 0 aliphatic heterocycles. The number of nitrogens with one attached hydrogen (secondary N) is 4. The van der Waals surface area contributed by atoms with E-state index in [1.165, 1.54) is 0 Å². The van der Waals surface area contributed by atoms with E-state index >= 15 is 0 Å². The highest BCUT2D eigenvalue weighted by Gasteiger charge is 2.18. The fraction of sp³-hybridized carbons (Fsp3) is 0. The Kier molecular flexibility index (Phi) is 9.78. The summed E-state index contributed by atoms with van der Waals surface area (Å²) in [4.78, 5) is 24.2. The number of amides is 2. The van der Waals surface area contributed by atoms with Crippen LogP contribution in [-0.4, -0.2) is 11.8 Å². The lowest BCUT2D eigenvalue weighted by molar-refractivity contribution is -0.138. The van der Waals surface area contributed by atoms with Gasteiger partial charge in [0.25, 0.3) is 0 Å². The average molecular weight is 901 g/mol. The molecule has 2 aromatic carbocycles. The van der Waals surface area contributed by atoms with Gasteiger partial charge in [0.2, 0.25) is 0 Å². The average Bonchev–Trinajstić information content (AvgIpc) is 2.63. The van der Waals surface area contributed by atoms with Crippen LogP contribution in [-0.2, 0) is 9.59 Å². The predicted molar refractivity (Wildman–Crippen MR) is 138 cm³/mol. The summed E-state index contributed by atoms with van der Waals surface area (Å²) >= 11 is 27.2. The van der Waals surface area contributed by atoms with Gasteiger partial charge >= 0.3 is 11.8 Å². The van der Waals surface area contributed by atoms with Crippen LogP contribution in [0, 0.1) is 0 Å². The molecule has 150 valence electrons. The van der Waals surface area contributed by atoms with Gasteiger partial charge in [-0.1, -0.05) is 0 Å². The van der Waals surface area contributed by atoms with Crippen molar-refractivity contribution in [3.8, 4) is 0 Å².